The molecule has 0 saturated carbocycles. The molecule has 0 radical (unpaired) electrons. The van der Waals surface area contributed by atoms with Gasteiger partial charge in [0.05, 0.1) is 18.4 Å². The first kappa shape index (κ1) is 25.7. The summed E-state index contributed by atoms with van der Waals surface area (Å²) in [5, 5.41) is 12.5. The van der Waals surface area contributed by atoms with E-state index in [1.165, 1.54) is 7.11 Å². The number of allylic oxidation sites excluding steroid dienone is 2. The number of nitrogens with one attached hydrogen (secondary N) is 1. The van der Waals surface area contributed by atoms with Crippen molar-refractivity contribution in [2.24, 2.45) is 11.8 Å². The second-order valence-electron chi connectivity index (χ2n) is 8.37. The van der Waals surface area contributed by atoms with E-state index >= 15 is 0 Å². The maximum absolute atomic E-state index is 12.8. The monoisotopic (exact) mass is 477 g/mol. The number of aliphatic hydroxyl groups excluding tert-OH is 1. The second-order valence-corrected chi connectivity index (χ2v) is 8.37. The van der Waals surface area contributed by atoms with Crippen molar-refractivity contribution in [1.82, 2.24) is 0 Å². The van der Waals surface area contributed by atoms with E-state index in [1.54, 1.807) is 44.2 Å². The Morgan fingerprint density at radius 3 is 2.18 bits per heavy atom. The largest absolute Gasteiger partial charge is 0.454 e. The summed E-state index contributed by atoms with van der Waals surface area (Å²) in [4.78, 5) is 38.2. The highest BCUT2D eigenvalue weighted by Gasteiger charge is 2.53. The highest BCUT2D eigenvalue weighted by atomic mass is 16.7. The highest BCUT2D eigenvalue weighted by Crippen LogP contribution is 2.31. The maximum Gasteiger partial charge on any atom is 0.412 e. The van der Waals surface area contributed by atoms with Crippen molar-refractivity contribution in [2.45, 2.75) is 57.4 Å². The molecule has 1 amide bonds. The molecule has 3 rings (SSSR count). The molecule has 2 aliphatic rings. The maximum atomic E-state index is 12.8. The lowest BCUT2D eigenvalue weighted by Gasteiger charge is -2.44. The summed E-state index contributed by atoms with van der Waals surface area (Å²) >= 11 is 0. The van der Waals surface area contributed by atoms with Crippen molar-refractivity contribution in [3.63, 3.8) is 0 Å². The quantitative estimate of drug-likeness (QED) is 0.381. The van der Waals surface area contributed by atoms with Crippen LogP contribution in [0.1, 0.15) is 26.7 Å². The van der Waals surface area contributed by atoms with Gasteiger partial charge in [0.25, 0.3) is 0 Å². The molecule has 0 aromatic heterocycles. The molecule has 34 heavy (non-hydrogen) atoms. The number of hydrogen-bond acceptors (Lipinski definition) is 9. The summed E-state index contributed by atoms with van der Waals surface area (Å²) in [6.45, 7) is 2.86. The average Bonchev–Trinajstić information content (AvgIpc) is 2.83. The van der Waals surface area contributed by atoms with Crippen LogP contribution in [-0.2, 0) is 33.3 Å². The fourth-order valence-electron chi connectivity index (χ4n) is 3.70. The van der Waals surface area contributed by atoms with Crippen molar-refractivity contribution in [3.05, 3.63) is 42.5 Å². The Hall–Kier alpha value is -2.95. The summed E-state index contributed by atoms with van der Waals surface area (Å²) in [5.41, 5.74) is 0.479. The summed E-state index contributed by atoms with van der Waals surface area (Å²) in [7, 11) is 1.33. The molecule has 1 aromatic carbocycles. The number of ether oxygens (including phenoxy) is 5. The smallest absolute Gasteiger partial charge is 0.412 e. The molecule has 0 unspecified atom stereocenters. The number of anilines is 1. The fourth-order valence-corrected chi connectivity index (χ4v) is 3.70. The van der Waals surface area contributed by atoms with E-state index in [-0.39, 0.29) is 0 Å². The van der Waals surface area contributed by atoms with Crippen LogP contribution in [0.4, 0.5) is 10.5 Å². The molecule has 0 aliphatic carbocycles. The minimum Gasteiger partial charge on any atom is -0.454 e. The first-order valence-electron chi connectivity index (χ1n) is 11.2. The van der Waals surface area contributed by atoms with Gasteiger partial charge in [0.1, 0.15) is 6.10 Å². The molecule has 1 fully saturated rings. The van der Waals surface area contributed by atoms with Crippen LogP contribution < -0.4 is 5.32 Å². The number of carbonyl (C=O) groups is 3. The Morgan fingerprint density at radius 2 is 1.62 bits per heavy atom. The van der Waals surface area contributed by atoms with Crippen molar-refractivity contribution < 1.29 is 43.2 Å². The fraction of sp³-hybridized carbons (Fsp3) is 0.542. The normalized spacial score (nSPS) is 32.3. The Kier molecular flexibility index (Phi) is 9.03. The number of hydrogen-bond donors (Lipinski definition) is 2. The number of benzene rings is 1. The van der Waals surface area contributed by atoms with Gasteiger partial charge in [-0.25, -0.2) is 4.79 Å². The predicted molar refractivity (Wildman–Crippen MR) is 120 cm³/mol. The van der Waals surface area contributed by atoms with Gasteiger partial charge in [-0.2, -0.15) is 0 Å². The molecule has 2 heterocycles. The van der Waals surface area contributed by atoms with Crippen molar-refractivity contribution in [3.8, 4) is 0 Å². The lowest BCUT2D eigenvalue weighted by molar-refractivity contribution is -0.300. The van der Waals surface area contributed by atoms with Crippen LogP contribution >= 0.6 is 0 Å². The number of carbonyl (C=O) groups excluding carboxylic acids is 3. The van der Waals surface area contributed by atoms with Crippen LogP contribution in [0.25, 0.3) is 0 Å². The predicted octanol–water partition coefficient (Wildman–Crippen LogP) is 2.41. The van der Waals surface area contributed by atoms with Gasteiger partial charge in [0, 0.05) is 12.8 Å². The minimum absolute atomic E-state index is 0.408. The Balaban J connectivity index is 1.92. The lowest BCUT2D eigenvalue weighted by atomic mass is 9.97. The summed E-state index contributed by atoms with van der Waals surface area (Å²) in [6.07, 6.45) is -2.41. The number of rotatable bonds is 4. The second kappa shape index (κ2) is 12.0. The first-order valence-corrected chi connectivity index (χ1v) is 11.2. The minimum atomic E-state index is -1.28. The van der Waals surface area contributed by atoms with Gasteiger partial charge in [-0.1, -0.05) is 44.2 Å². The van der Waals surface area contributed by atoms with Gasteiger partial charge in [-0.15, -0.1) is 0 Å². The average molecular weight is 478 g/mol. The molecule has 1 aromatic rings. The van der Waals surface area contributed by atoms with Gasteiger partial charge < -0.3 is 28.8 Å². The zero-order chi connectivity index (χ0) is 24.7. The zero-order valence-electron chi connectivity index (χ0n) is 19.4. The number of methoxy groups -OCH3 is 1. The SMILES string of the molecule is CO[C@H]1O[C@H](CO)[C@H](OC(=O)Nc2ccccc2)[C@@H]2OC(=O)[C@@H](C)CC=CC[C@H](C)C(=O)O[C@@H]12. The van der Waals surface area contributed by atoms with Crippen molar-refractivity contribution in [2.75, 3.05) is 19.0 Å². The number of esters is 2. The molecule has 186 valence electrons. The van der Waals surface area contributed by atoms with E-state index < -0.39 is 67.2 Å². The molecule has 1 saturated heterocycles. The molecule has 7 atom stereocenters. The molecule has 10 nitrogen and oxygen atoms in total. The summed E-state index contributed by atoms with van der Waals surface area (Å²) < 4.78 is 28.0. The van der Waals surface area contributed by atoms with Gasteiger partial charge >= 0.3 is 18.0 Å². The van der Waals surface area contributed by atoms with Crippen LogP contribution in [0, 0.1) is 11.8 Å². The van der Waals surface area contributed by atoms with E-state index in [0.29, 0.717) is 18.5 Å². The number of para-hydroxylation sites is 1. The van der Waals surface area contributed by atoms with Gasteiger partial charge in [-0.05, 0) is 25.0 Å². The van der Waals surface area contributed by atoms with E-state index in [9.17, 15) is 19.5 Å². The van der Waals surface area contributed by atoms with Gasteiger partial charge in [0.15, 0.2) is 24.6 Å². The van der Waals surface area contributed by atoms with Crippen LogP contribution in [0.3, 0.4) is 0 Å². The Morgan fingerprint density at radius 1 is 1.03 bits per heavy atom. The molecule has 10 heteroatoms. The van der Waals surface area contributed by atoms with E-state index in [0.717, 1.165) is 0 Å². The van der Waals surface area contributed by atoms with Crippen LogP contribution in [0.2, 0.25) is 0 Å². The third-order valence-corrected chi connectivity index (χ3v) is 5.72. The molecular weight excluding hydrogens is 446 g/mol. The van der Waals surface area contributed by atoms with E-state index in [2.05, 4.69) is 5.32 Å². The van der Waals surface area contributed by atoms with E-state index in [1.807, 2.05) is 12.2 Å². The summed E-state index contributed by atoms with van der Waals surface area (Å²) in [6, 6.07) is 8.60. The zero-order valence-corrected chi connectivity index (χ0v) is 19.4. The van der Waals surface area contributed by atoms with Gasteiger partial charge in [-0.3, -0.25) is 14.9 Å². The summed E-state index contributed by atoms with van der Waals surface area (Å²) in [5.74, 6) is -2.10. The first-order chi connectivity index (χ1) is 16.3. The standard InChI is InChI=1S/C24H31NO9/c1-14-9-7-8-10-15(2)22(28)33-20-19(32-21(14)27)18(17(13-26)31-23(20)30-3)34-24(29)25-16-11-5-4-6-12-16/h4-8,11-12,14-15,17-20,23,26H,9-10,13H2,1-3H3,(H,25,29)/t14-,15-,17+,18-,19-,20+,23-/m0/s1. The molecule has 0 spiro atoms. The number of amides is 1. The molecule has 2 aliphatic heterocycles. The van der Waals surface area contributed by atoms with Crippen LogP contribution in [0.15, 0.2) is 42.5 Å². The molecular formula is C24H31NO9. The number of aliphatic hydroxyl groups is 1. The Labute approximate surface area is 198 Å². The van der Waals surface area contributed by atoms with Crippen molar-refractivity contribution >= 4 is 23.7 Å². The van der Waals surface area contributed by atoms with Crippen LogP contribution in [0.5, 0.6) is 0 Å². The Bertz CT molecular complexity index is 874. The molecule has 2 N–H and O–H groups in total. The number of fused-ring (bicyclic) bond motifs is 1. The van der Waals surface area contributed by atoms with Crippen LogP contribution in [-0.4, -0.2) is 67.6 Å². The third-order valence-electron chi connectivity index (χ3n) is 5.72. The van der Waals surface area contributed by atoms with Crippen molar-refractivity contribution in [1.29, 1.82) is 0 Å². The van der Waals surface area contributed by atoms with Gasteiger partial charge in [0.2, 0.25) is 0 Å². The lowest BCUT2D eigenvalue weighted by Crippen LogP contribution is -2.63. The van der Waals surface area contributed by atoms with E-state index in [4.69, 9.17) is 23.7 Å². The highest BCUT2D eigenvalue weighted by molar-refractivity contribution is 5.84. The third kappa shape index (κ3) is 6.34. The molecule has 0 bridgehead atoms. The topological polar surface area (TPSA) is 130 Å².